The zero-order valence-electron chi connectivity index (χ0n) is 11.4. The van der Waals surface area contributed by atoms with Gasteiger partial charge in [0.1, 0.15) is 17.5 Å². The van der Waals surface area contributed by atoms with Crippen molar-refractivity contribution in [2.45, 2.75) is 46.5 Å². The highest BCUT2D eigenvalue weighted by Gasteiger charge is 2.11. The van der Waals surface area contributed by atoms with E-state index < -0.39 is 0 Å². The predicted octanol–water partition coefficient (Wildman–Crippen LogP) is 2.81. The van der Waals surface area contributed by atoms with E-state index in [1.807, 2.05) is 6.07 Å². The summed E-state index contributed by atoms with van der Waals surface area (Å²) in [5.41, 5.74) is 5.85. The Bertz CT molecular complexity index is 343. The minimum Gasteiger partial charge on any atom is -0.384 e. The summed E-state index contributed by atoms with van der Waals surface area (Å²) >= 11 is 0. The van der Waals surface area contributed by atoms with Gasteiger partial charge >= 0.3 is 0 Å². The first-order valence-electron chi connectivity index (χ1n) is 6.47. The van der Waals surface area contributed by atoms with Gasteiger partial charge in [-0.2, -0.15) is 0 Å². The van der Waals surface area contributed by atoms with Gasteiger partial charge in [0.15, 0.2) is 0 Å². The van der Waals surface area contributed by atoms with Crippen molar-refractivity contribution < 1.29 is 0 Å². The van der Waals surface area contributed by atoms with Crippen LogP contribution in [0.5, 0.6) is 0 Å². The molecule has 0 saturated heterocycles. The molecule has 0 atom stereocenters. The van der Waals surface area contributed by atoms with E-state index >= 15 is 0 Å². The van der Waals surface area contributed by atoms with E-state index in [1.54, 1.807) is 0 Å². The maximum Gasteiger partial charge on any atom is 0.135 e. The zero-order chi connectivity index (χ0) is 12.8. The number of hydrogen-bond acceptors (Lipinski definition) is 4. The molecular formula is C13H24N4. The van der Waals surface area contributed by atoms with Gasteiger partial charge in [0.25, 0.3) is 0 Å². The first kappa shape index (κ1) is 13.7. The molecule has 0 aliphatic heterocycles. The highest BCUT2D eigenvalue weighted by Crippen LogP contribution is 2.18. The van der Waals surface area contributed by atoms with Gasteiger partial charge in [-0.15, -0.1) is 0 Å². The lowest BCUT2D eigenvalue weighted by atomic mass is 10.2. The summed E-state index contributed by atoms with van der Waals surface area (Å²) in [7, 11) is 0. The molecular weight excluding hydrogens is 212 g/mol. The molecule has 0 aromatic carbocycles. The van der Waals surface area contributed by atoms with E-state index in [2.05, 4.69) is 42.6 Å². The van der Waals surface area contributed by atoms with Crippen LogP contribution in [0.15, 0.2) is 6.07 Å². The van der Waals surface area contributed by atoms with Crippen LogP contribution in [0.2, 0.25) is 0 Å². The average molecular weight is 236 g/mol. The third kappa shape index (κ3) is 3.88. The quantitative estimate of drug-likeness (QED) is 0.825. The fourth-order valence-corrected chi connectivity index (χ4v) is 1.77. The van der Waals surface area contributed by atoms with Gasteiger partial charge in [-0.25, -0.2) is 9.97 Å². The fraction of sp³-hybridized carbons (Fsp3) is 0.692. The van der Waals surface area contributed by atoms with E-state index in [-0.39, 0.29) is 0 Å². The SMILES string of the molecule is CCCN(CCC)c1cc(N)nc(C(C)C)n1. The van der Waals surface area contributed by atoms with Crippen molar-refractivity contribution in [3.8, 4) is 0 Å². The minimum absolute atomic E-state index is 0.308. The Morgan fingerprint density at radius 1 is 1.18 bits per heavy atom. The third-order valence-electron chi connectivity index (χ3n) is 2.58. The second-order valence-electron chi connectivity index (χ2n) is 4.65. The fourth-order valence-electron chi connectivity index (χ4n) is 1.77. The Kier molecular flexibility index (Phi) is 5.19. The van der Waals surface area contributed by atoms with Gasteiger partial charge in [-0.1, -0.05) is 27.7 Å². The Balaban J connectivity index is 3.00. The molecule has 0 spiro atoms. The number of nitrogens with two attached hydrogens (primary N) is 1. The van der Waals surface area contributed by atoms with E-state index in [0.29, 0.717) is 11.7 Å². The minimum atomic E-state index is 0.308. The number of anilines is 2. The highest BCUT2D eigenvalue weighted by atomic mass is 15.2. The van der Waals surface area contributed by atoms with Crippen molar-refractivity contribution in [1.82, 2.24) is 9.97 Å². The molecule has 1 aromatic rings. The lowest BCUT2D eigenvalue weighted by Gasteiger charge is -2.23. The Labute approximate surface area is 104 Å². The molecule has 1 aromatic heterocycles. The number of nitrogen functional groups attached to an aromatic ring is 1. The van der Waals surface area contributed by atoms with Crippen LogP contribution < -0.4 is 10.6 Å². The first-order chi connectivity index (χ1) is 8.08. The number of rotatable bonds is 6. The molecule has 0 fully saturated rings. The van der Waals surface area contributed by atoms with Gasteiger partial charge in [0.2, 0.25) is 0 Å². The molecule has 0 amide bonds. The van der Waals surface area contributed by atoms with Gasteiger partial charge in [0, 0.05) is 25.1 Å². The second kappa shape index (κ2) is 6.42. The third-order valence-corrected chi connectivity index (χ3v) is 2.58. The van der Waals surface area contributed by atoms with E-state index in [0.717, 1.165) is 37.6 Å². The number of hydrogen-bond donors (Lipinski definition) is 1. The molecule has 2 N–H and O–H groups in total. The van der Waals surface area contributed by atoms with Crippen LogP contribution in [0.1, 0.15) is 52.3 Å². The normalized spacial score (nSPS) is 10.9. The molecule has 4 nitrogen and oxygen atoms in total. The van der Waals surface area contributed by atoms with Crippen molar-refractivity contribution in [3.63, 3.8) is 0 Å². The van der Waals surface area contributed by atoms with Gasteiger partial charge in [-0.05, 0) is 12.8 Å². The molecule has 0 aliphatic carbocycles. The monoisotopic (exact) mass is 236 g/mol. The Hall–Kier alpha value is -1.32. The maximum atomic E-state index is 5.85. The molecule has 1 heterocycles. The predicted molar refractivity (Wildman–Crippen MR) is 73.3 cm³/mol. The molecule has 0 saturated carbocycles. The maximum absolute atomic E-state index is 5.85. The second-order valence-corrected chi connectivity index (χ2v) is 4.65. The van der Waals surface area contributed by atoms with Crippen molar-refractivity contribution in [1.29, 1.82) is 0 Å². The average Bonchev–Trinajstić information content (AvgIpc) is 2.28. The zero-order valence-corrected chi connectivity index (χ0v) is 11.4. The van der Waals surface area contributed by atoms with Crippen molar-refractivity contribution in [2.75, 3.05) is 23.7 Å². The van der Waals surface area contributed by atoms with Crippen LogP contribution in [0.4, 0.5) is 11.6 Å². The van der Waals surface area contributed by atoms with Gasteiger partial charge < -0.3 is 10.6 Å². The lowest BCUT2D eigenvalue weighted by molar-refractivity contribution is 0.714. The molecule has 0 radical (unpaired) electrons. The van der Waals surface area contributed by atoms with Crippen LogP contribution in [0.3, 0.4) is 0 Å². The topological polar surface area (TPSA) is 55.0 Å². The van der Waals surface area contributed by atoms with Crippen molar-refractivity contribution in [3.05, 3.63) is 11.9 Å². The molecule has 1 rings (SSSR count). The molecule has 0 aliphatic rings. The molecule has 96 valence electrons. The smallest absolute Gasteiger partial charge is 0.135 e. The number of aromatic nitrogens is 2. The summed E-state index contributed by atoms with van der Waals surface area (Å²) < 4.78 is 0. The van der Waals surface area contributed by atoms with Crippen LogP contribution in [0.25, 0.3) is 0 Å². The summed E-state index contributed by atoms with van der Waals surface area (Å²) in [6.07, 6.45) is 2.22. The van der Waals surface area contributed by atoms with Crippen LogP contribution >= 0.6 is 0 Å². The standard InChI is InChI=1S/C13H24N4/c1-5-7-17(8-6-2)12-9-11(14)15-13(16-12)10(3)4/h9-10H,5-8H2,1-4H3,(H2,14,15,16). The van der Waals surface area contributed by atoms with Crippen molar-refractivity contribution in [2.24, 2.45) is 0 Å². The largest absolute Gasteiger partial charge is 0.384 e. The van der Waals surface area contributed by atoms with Crippen LogP contribution in [-0.2, 0) is 0 Å². The number of nitrogens with zero attached hydrogens (tertiary/aromatic N) is 3. The summed E-state index contributed by atoms with van der Waals surface area (Å²) in [5, 5.41) is 0. The summed E-state index contributed by atoms with van der Waals surface area (Å²) in [6, 6.07) is 1.87. The van der Waals surface area contributed by atoms with E-state index in [4.69, 9.17) is 5.73 Å². The van der Waals surface area contributed by atoms with E-state index in [9.17, 15) is 0 Å². The Morgan fingerprint density at radius 3 is 2.24 bits per heavy atom. The summed E-state index contributed by atoms with van der Waals surface area (Å²) in [4.78, 5) is 11.2. The van der Waals surface area contributed by atoms with Crippen LogP contribution in [0, 0.1) is 0 Å². The van der Waals surface area contributed by atoms with Crippen molar-refractivity contribution >= 4 is 11.6 Å². The van der Waals surface area contributed by atoms with Gasteiger partial charge in [0.05, 0.1) is 0 Å². The summed E-state index contributed by atoms with van der Waals surface area (Å²) in [5.74, 6) is 2.67. The first-order valence-corrected chi connectivity index (χ1v) is 6.47. The molecule has 17 heavy (non-hydrogen) atoms. The molecule has 0 bridgehead atoms. The lowest BCUT2D eigenvalue weighted by Crippen LogP contribution is -2.26. The van der Waals surface area contributed by atoms with Crippen LogP contribution in [-0.4, -0.2) is 23.1 Å². The van der Waals surface area contributed by atoms with Gasteiger partial charge in [-0.3, -0.25) is 0 Å². The molecule has 0 unspecified atom stereocenters. The van der Waals surface area contributed by atoms with E-state index in [1.165, 1.54) is 0 Å². The molecule has 4 heteroatoms. The Morgan fingerprint density at radius 2 is 1.76 bits per heavy atom. The summed E-state index contributed by atoms with van der Waals surface area (Å²) in [6.45, 7) is 10.6. The highest BCUT2D eigenvalue weighted by molar-refractivity contribution is 5.47.